The van der Waals surface area contributed by atoms with Gasteiger partial charge in [-0.05, 0) is 30.5 Å². The van der Waals surface area contributed by atoms with Crippen molar-refractivity contribution >= 4 is 19.6 Å². The molecule has 3 atom stereocenters. The molecule has 9 heteroatoms. The third-order valence-electron chi connectivity index (χ3n) is 2.74. The number of carbonyl (C=O) groups excluding carboxylic acids is 1. The van der Waals surface area contributed by atoms with Gasteiger partial charge in [-0.15, -0.1) is 4.52 Å². The first-order valence-electron chi connectivity index (χ1n) is 6.36. The maximum Gasteiger partial charge on any atom is 0.513 e. The molecule has 3 unspecified atom stereocenters. The van der Waals surface area contributed by atoms with E-state index in [0.29, 0.717) is 5.56 Å². The second kappa shape index (κ2) is 7.67. The minimum absolute atomic E-state index is 0.0143. The van der Waals surface area contributed by atoms with Crippen molar-refractivity contribution in [3.05, 3.63) is 29.8 Å². The number of nitrogens with one attached hydrogen (secondary N) is 1. The molecule has 2 N–H and O–H groups in total. The Morgan fingerprint density at radius 3 is 2.32 bits per heavy atom. The first-order valence-corrected chi connectivity index (χ1v) is 7.72. The fourth-order valence-electron chi connectivity index (χ4n) is 1.36. The largest absolute Gasteiger partial charge is 0.513 e. The number of aliphatic hydroxyl groups is 1. The summed E-state index contributed by atoms with van der Waals surface area (Å²) in [6, 6.07) is 5.44. The van der Waals surface area contributed by atoms with Crippen molar-refractivity contribution in [2.24, 2.45) is 0 Å². The molecule has 1 aromatic rings. The van der Waals surface area contributed by atoms with Gasteiger partial charge in [-0.2, -0.15) is 13.2 Å². The Hall–Kier alpha value is -1.50. The van der Waals surface area contributed by atoms with Gasteiger partial charge >= 0.3 is 20.1 Å². The van der Waals surface area contributed by atoms with E-state index < -0.39 is 32.3 Å². The van der Waals surface area contributed by atoms with E-state index in [4.69, 9.17) is 4.52 Å². The van der Waals surface area contributed by atoms with Gasteiger partial charge in [0.2, 0.25) is 6.16 Å². The van der Waals surface area contributed by atoms with Crippen LogP contribution in [-0.2, 0) is 20.0 Å². The third kappa shape index (κ3) is 6.09. The average molecular weight is 338 g/mol. The molecule has 0 saturated carbocycles. The molecule has 1 rings (SSSR count). The molecule has 0 radical (unpaired) electrons. The lowest BCUT2D eigenvalue weighted by Crippen LogP contribution is -2.29. The summed E-state index contributed by atoms with van der Waals surface area (Å²) in [7, 11) is -2.05. The van der Waals surface area contributed by atoms with E-state index in [1.165, 1.54) is 31.2 Å². The number of anilines is 1. The standard InChI is InChI=1S/C13H15F3NO4P/c1-8(18)9(2)21-22(20)7-10-3-5-11(6-4-10)17-12(19)13(14,15)16/h3-6,8-9,18H,7H2,1-2H3/p+1. The Balaban J connectivity index is 2.58. The SMILES string of the molecule is CC(O)C(C)O[P+](=O)Cc1ccc(NC(=O)C(F)(F)F)cc1. The Morgan fingerprint density at radius 2 is 1.86 bits per heavy atom. The van der Waals surface area contributed by atoms with Crippen molar-refractivity contribution in [3.63, 3.8) is 0 Å². The lowest BCUT2D eigenvalue weighted by Gasteiger charge is -2.08. The number of carbonyl (C=O) groups is 1. The zero-order valence-electron chi connectivity index (χ0n) is 11.9. The molecule has 0 spiro atoms. The van der Waals surface area contributed by atoms with Crippen LogP contribution in [0, 0.1) is 0 Å². The fourth-order valence-corrected chi connectivity index (χ4v) is 2.49. The fraction of sp³-hybridized carbons (Fsp3) is 0.462. The predicted molar refractivity (Wildman–Crippen MR) is 74.7 cm³/mol. The van der Waals surface area contributed by atoms with Gasteiger partial charge in [0.25, 0.3) is 0 Å². The predicted octanol–water partition coefficient (Wildman–Crippen LogP) is 3.22. The van der Waals surface area contributed by atoms with Crippen LogP contribution in [-0.4, -0.2) is 29.4 Å². The van der Waals surface area contributed by atoms with Gasteiger partial charge in [-0.3, -0.25) is 4.79 Å². The van der Waals surface area contributed by atoms with E-state index in [9.17, 15) is 27.6 Å². The summed E-state index contributed by atoms with van der Waals surface area (Å²) in [5.41, 5.74) is 0.559. The molecule has 0 aliphatic carbocycles. The minimum Gasteiger partial charge on any atom is -0.391 e. The molecule has 1 aromatic carbocycles. The van der Waals surface area contributed by atoms with E-state index in [-0.39, 0.29) is 11.8 Å². The summed E-state index contributed by atoms with van der Waals surface area (Å²) in [4.78, 5) is 10.8. The number of alkyl halides is 3. The highest BCUT2D eigenvalue weighted by Crippen LogP contribution is 2.31. The lowest BCUT2D eigenvalue weighted by molar-refractivity contribution is -0.167. The first kappa shape index (κ1) is 18.5. The van der Waals surface area contributed by atoms with Gasteiger partial charge in [0.05, 0.1) is 6.10 Å². The molecule has 122 valence electrons. The van der Waals surface area contributed by atoms with E-state index >= 15 is 0 Å². The number of rotatable bonds is 6. The molecule has 0 fully saturated rings. The second-order valence-electron chi connectivity index (χ2n) is 4.69. The Labute approximate surface area is 126 Å². The summed E-state index contributed by atoms with van der Waals surface area (Å²) in [5, 5.41) is 10.9. The number of halogens is 3. The van der Waals surface area contributed by atoms with Crippen molar-refractivity contribution in [1.29, 1.82) is 0 Å². The smallest absolute Gasteiger partial charge is 0.391 e. The van der Waals surface area contributed by atoms with Crippen LogP contribution in [0.2, 0.25) is 0 Å². The van der Waals surface area contributed by atoms with Crippen molar-refractivity contribution < 1.29 is 32.2 Å². The van der Waals surface area contributed by atoms with Gasteiger partial charge in [0.1, 0.15) is 6.10 Å². The van der Waals surface area contributed by atoms with Crippen LogP contribution in [0.25, 0.3) is 0 Å². The van der Waals surface area contributed by atoms with Crippen LogP contribution >= 0.6 is 8.03 Å². The minimum atomic E-state index is -4.95. The Kier molecular flexibility index (Phi) is 6.47. The zero-order valence-corrected chi connectivity index (χ0v) is 12.8. The quantitative estimate of drug-likeness (QED) is 0.781. The maximum absolute atomic E-state index is 12.1. The summed E-state index contributed by atoms with van der Waals surface area (Å²) in [6.07, 6.45) is -6.25. The van der Waals surface area contributed by atoms with Gasteiger partial charge < -0.3 is 10.4 Å². The first-order chi connectivity index (χ1) is 10.1. The van der Waals surface area contributed by atoms with Crippen LogP contribution in [0.4, 0.5) is 18.9 Å². The molecule has 22 heavy (non-hydrogen) atoms. The molecule has 0 bridgehead atoms. The molecule has 0 heterocycles. The topological polar surface area (TPSA) is 75.6 Å². The molecule has 0 aromatic heterocycles. The van der Waals surface area contributed by atoms with E-state index in [2.05, 4.69) is 0 Å². The van der Waals surface area contributed by atoms with Gasteiger partial charge in [-0.25, -0.2) is 0 Å². The van der Waals surface area contributed by atoms with Crippen LogP contribution < -0.4 is 5.32 Å². The number of hydrogen-bond acceptors (Lipinski definition) is 4. The summed E-state index contributed by atoms with van der Waals surface area (Å²) < 4.78 is 53.1. The molecule has 0 saturated heterocycles. The van der Waals surface area contributed by atoms with E-state index in [1.54, 1.807) is 12.2 Å². The highest BCUT2D eigenvalue weighted by molar-refractivity contribution is 7.38. The monoisotopic (exact) mass is 338 g/mol. The molecule has 1 amide bonds. The van der Waals surface area contributed by atoms with Gasteiger partial charge in [0, 0.05) is 11.3 Å². The lowest BCUT2D eigenvalue weighted by atomic mass is 10.2. The summed E-state index contributed by atoms with van der Waals surface area (Å²) in [6.45, 7) is 3.08. The molecule has 0 aliphatic heterocycles. The van der Waals surface area contributed by atoms with Gasteiger partial charge in [0.15, 0.2) is 0 Å². The van der Waals surface area contributed by atoms with E-state index in [0.717, 1.165) is 0 Å². The number of benzene rings is 1. The van der Waals surface area contributed by atoms with Crippen LogP contribution in [0.5, 0.6) is 0 Å². The van der Waals surface area contributed by atoms with Crippen molar-refractivity contribution in [2.45, 2.75) is 38.4 Å². The highest BCUT2D eigenvalue weighted by atomic mass is 31.1. The zero-order chi connectivity index (χ0) is 16.9. The average Bonchev–Trinajstić information content (AvgIpc) is 2.39. The second-order valence-corrected chi connectivity index (χ2v) is 5.88. The highest BCUT2D eigenvalue weighted by Gasteiger charge is 2.38. The maximum atomic E-state index is 12.1. The normalized spacial score (nSPS) is 15.1. The number of aliphatic hydroxyl groups excluding tert-OH is 1. The molecular weight excluding hydrogens is 322 g/mol. The van der Waals surface area contributed by atoms with E-state index in [1.807, 2.05) is 0 Å². The number of amides is 1. The molecule has 0 aliphatic rings. The number of hydrogen-bond donors (Lipinski definition) is 2. The van der Waals surface area contributed by atoms with Crippen molar-refractivity contribution in [3.8, 4) is 0 Å². The molecule has 5 nitrogen and oxygen atoms in total. The molecular formula is C13H16F3NO4P+. The summed E-state index contributed by atoms with van der Waals surface area (Å²) in [5.74, 6) is -2.06. The van der Waals surface area contributed by atoms with Crippen molar-refractivity contribution in [1.82, 2.24) is 0 Å². The van der Waals surface area contributed by atoms with Gasteiger partial charge in [-0.1, -0.05) is 12.1 Å². The van der Waals surface area contributed by atoms with Crippen LogP contribution in [0.15, 0.2) is 24.3 Å². The van der Waals surface area contributed by atoms with Crippen LogP contribution in [0.3, 0.4) is 0 Å². The van der Waals surface area contributed by atoms with Crippen LogP contribution in [0.1, 0.15) is 19.4 Å². The third-order valence-corrected chi connectivity index (χ3v) is 3.94. The van der Waals surface area contributed by atoms with Crippen molar-refractivity contribution in [2.75, 3.05) is 5.32 Å². The summed E-state index contributed by atoms with van der Waals surface area (Å²) >= 11 is 0. The Bertz CT molecular complexity index is 531. The Morgan fingerprint density at radius 1 is 1.32 bits per heavy atom.